The van der Waals surface area contributed by atoms with Gasteiger partial charge in [-0.15, -0.1) is 5.10 Å². The van der Waals surface area contributed by atoms with E-state index in [-0.39, 0.29) is 6.10 Å². The van der Waals surface area contributed by atoms with Crippen molar-refractivity contribution in [2.24, 2.45) is 5.84 Å². The van der Waals surface area contributed by atoms with Crippen LogP contribution in [-0.4, -0.2) is 28.9 Å². The summed E-state index contributed by atoms with van der Waals surface area (Å²) in [5.41, 5.74) is 3.32. The second kappa shape index (κ2) is 5.36. The van der Waals surface area contributed by atoms with E-state index in [1.807, 2.05) is 0 Å². The molecule has 15 heavy (non-hydrogen) atoms. The monoisotopic (exact) mass is 230 g/mol. The average Bonchev–Trinajstić information content (AvgIpc) is 2.75. The number of ether oxygens (including phenoxy) is 2. The third-order valence-corrected chi connectivity index (χ3v) is 3.01. The first-order chi connectivity index (χ1) is 7.40. The number of nitrogens with one attached hydrogen (secondary N) is 1. The molecule has 2 rings (SSSR count). The van der Waals surface area contributed by atoms with Gasteiger partial charge in [0.15, 0.2) is 0 Å². The van der Waals surface area contributed by atoms with Crippen LogP contribution in [0.4, 0.5) is 5.00 Å². The van der Waals surface area contributed by atoms with Crippen molar-refractivity contribution in [3.63, 3.8) is 0 Å². The average molecular weight is 230 g/mol. The highest BCUT2D eigenvalue weighted by atomic mass is 32.1. The minimum absolute atomic E-state index is 0.270. The second-order valence-electron chi connectivity index (χ2n) is 3.32. The number of aromatic nitrogens is 2. The fourth-order valence-electron chi connectivity index (χ4n) is 1.45. The summed E-state index contributed by atoms with van der Waals surface area (Å²) in [6, 6.07) is 0. The Morgan fingerprint density at radius 3 is 3.07 bits per heavy atom. The molecule has 0 aromatic carbocycles. The lowest BCUT2D eigenvalue weighted by Crippen LogP contribution is -2.23. The zero-order valence-corrected chi connectivity index (χ0v) is 9.13. The first-order valence-corrected chi connectivity index (χ1v) is 5.64. The summed E-state index contributed by atoms with van der Waals surface area (Å²) in [7, 11) is 0. The van der Waals surface area contributed by atoms with Crippen LogP contribution in [-0.2, 0) is 16.1 Å². The van der Waals surface area contributed by atoms with Gasteiger partial charge in [0.05, 0.1) is 12.7 Å². The lowest BCUT2D eigenvalue weighted by molar-refractivity contribution is -0.0398. The zero-order chi connectivity index (χ0) is 10.5. The van der Waals surface area contributed by atoms with Crippen molar-refractivity contribution >= 4 is 16.5 Å². The largest absolute Gasteiger partial charge is 0.381 e. The van der Waals surface area contributed by atoms with E-state index in [4.69, 9.17) is 15.3 Å². The molecule has 1 aliphatic heterocycles. The first kappa shape index (κ1) is 10.7. The minimum Gasteiger partial charge on any atom is -0.381 e. The van der Waals surface area contributed by atoms with Gasteiger partial charge in [0.25, 0.3) is 0 Å². The van der Waals surface area contributed by atoms with Crippen molar-refractivity contribution < 1.29 is 9.47 Å². The molecular formula is C8H14N4O2S. The van der Waals surface area contributed by atoms with Gasteiger partial charge in [0.1, 0.15) is 10.7 Å². The Morgan fingerprint density at radius 1 is 1.53 bits per heavy atom. The molecule has 0 spiro atoms. The predicted octanol–water partition coefficient (Wildman–Crippen LogP) is 0.519. The molecule has 0 bridgehead atoms. The van der Waals surface area contributed by atoms with Gasteiger partial charge in [0, 0.05) is 24.7 Å². The van der Waals surface area contributed by atoms with Crippen LogP contribution in [0.5, 0.6) is 0 Å². The van der Waals surface area contributed by atoms with Gasteiger partial charge < -0.3 is 14.9 Å². The smallest absolute Gasteiger partial charge is 0.149 e. The molecule has 3 N–H and O–H groups in total. The lowest BCUT2D eigenvalue weighted by Gasteiger charge is -2.21. The summed E-state index contributed by atoms with van der Waals surface area (Å²) in [6.07, 6.45) is 2.16. The van der Waals surface area contributed by atoms with Gasteiger partial charge in [-0.05, 0) is 12.8 Å². The molecular weight excluding hydrogens is 216 g/mol. The molecule has 1 fully saturated rings. The van der Waals surface area contributed by atoms with E-state index < -0.39 is 0 Å². The van der Waals surface area contributed by atoms with E-state index in [0.717, 1.165) is 36.8 Å². The summed E-state index contributed by atoms with van der Waals surface area (Å²) in [4.78, 5) is 0. The maximum absolute atomic E-state index is 5.70. The molecule has 0 radical (unpaired) electrons. The van der Waals surface area contributed by atoms with E-state index in [1.54, 1.807) is 0 Å². The molecule has 1 aromatic heterocycles. The maximum Gasteiger partial charge on any atom is 0.149 e. The summed E-state index contributed by atoms with van der Waals surface area (Å²) < 4.78 is 14.7. The Labute approximate surface area is 91.9 Å². The summed E-state index contributed by atoms with van der Waals surface area (Å²) >= 11 is 1.23. The Morgan fingerprint density at radius 2 is 2.33 bits per heavy atom. The van der Waals surface area contributed by atoms with E-state index in [9.17, 15) is 0 Å². The number of nitrogen functional groups attached to an aromatic ring is 1. The SMILES string of the molecule is NNc1snnc1COC1CCOCC1. The summed E-state index contributed by atoms with van der Waals surface area (Å²) in [5.74, 6) is 5.31. The van der Waals surface area contributed by atoms with Crippen LogP contribution in [0.3, 0.4) is 0 Å². The number of hydrogen-bond donors (Lipinski definition) is 2. The standard InChI is InChI=1S/C8H14N4O2S/c9-10-8-7(11-12-15-8)5-14-6-1-3-13-4-2-6/h6,10H,1-5,9H2. The Kier molecular flexibility index (Phi) is 3.84. The van der Waals surface area contributed by atoms with E-state index in [2.05, 4.69) is 15.0 Å². The van der Waals surface area contributed by atoms with Crippen molar-refractivity contribution in [1.29, 1.82) is 0 Å². The molecule has 0 unspecified atom stereocenters. The van der Waals surface area contributed by atoms with Gasteiger partial charge in [-0.3, -0.25) is 0 Å². The van der Waals surface area contributed by atoms with Crippen molar-refractivity contribution in [3.05, 3.63) is 5.69 Å². The number of hydrazine groups is 1. The molecule has 7 heteroatoms. The highest BCUT2D eigenvalue weighted by Gasteiger charge is 2.15. The molecule has 2 heterocycles. The van der Waals surface area contributed by atoms with Crippen molar-refractivity contribution in [1.82, 2.24) is 9.59 Å². The second-order valence-corrected chi connectivity index (χ2v) is 4.07. The van der Waals surface area contributed by atoms with Crippen LogP contribution in [0.2, 0.25) is 0 Å². The van der Waals surface area contributed by atoms with E-state index in [1.165, 1.54) is 11.5 Å². The molecule has 0 atom stereocenters. The lowest BCUT2D eigenvalue weighted by atomic mass is 10.1. The Hall–Kier alpha value is -0.760. The fraction of sp³-hybridized carbons (Fsp3) is 0.750. The van der Waals surface area contributed by atoms with Crippen LogP contribution in [0, 0.1) is 0 Å². The third kappa shape index (κ3) is 2.85. The number of nitrogens with two attached hydrogens (primary N) is 1. The summed E-state index contributed by atoms with van der Waals surface area (Å²) in [6.45, 7) is 2.02. The van der Waals surface area contributed by atoms with Crippen LogP contribution in [0.25, 0.3) is 0 Å². The number of hydrogen-bond acceptors (Lipinski definition) is 7. The van der Waals surface area contributed by atoms with Gasteiger partial charge in [-0.2, -0.15) is 0 Å². The summed E-state index contributed by atoms with van der Waals surface area (Å²) in [5, 5.41) is 4.71. The van der Waals surface area contributed by atoms with Crippen molar-refractivity contribution in [3.8, 4) is 0 Å². The zero-order valence-electron chi connectivity index (χ0n) is 8.31. The van der Waals surface area contributed by atoms with Crippen LogP contribution in [0.15, 0.2) is 0 Å². The predicted molar refractivity (Wildman–Crippen MR) is 56.3 cm³/mol. The first-order valence-electron chi connectivity index (χ1n) is 4.87. The molecule has 0 amide bonds. The van der Waals surface area contributed by atoms with Gasteiger partial charge in [-0.1, -0.05) is 4.49 Å². The maximum atomic E-state index is 5.70. The quantitative estimate of drug-likeness (QED) is 0.579. The molecule has 1 aromatic rings. The molecule has 1 saturated heterocycles. The molecule has 1 aliphatic rings. The highest BCUT2D eigenvalue weighted by molar-refractivity contribution is 7.10. The highest BCUT2D eigenvalue weighted by Crippen LogP contribution is 2.19. The van der Waals surface area contributed by atoms with Crippen LogP contribution < -0.4 is 11.3 Å². The van der Waals surface area contributed by atoms with E-state index in [0.29, 0.717) is 6.61 Å². The Balaban J connectivity index is 1.81. The fourth-order valence-corrected chi connectivity index (χ4v) is 1.93. The minimum atomic E-state index is 0.270. The molecule has 84 valence electrons. The van der Waals surface area contributed by atoms with E-state index >= 15 is 0 Å². The Bertz CT molecular complexity index is 301. The topological polar surface area (TPSA) is 82.3 Å². The van der Waals surface area contributed by atoms with Crippen molar-refractivity contribution in [2.45, 2.75) is 25.6 Å². The third-order valence-electron chi connectivity index (χ3n) is 2.31. The number of anilines is 1. The normalized spacial score (nSPS) is 17.9. The molecule has 0 saturated carbocycles. The molecule has 0 aliphatic carbocycles. The van der Waals surface area contributed by atoms with Gasteiger partial charge >= 0.3 is 0 Å². The number of rotatable bonds is 4. The van der Waals surface area contributed by atoms with Crippen molar-refractivity contribution in [2.75, 3.05) is 18.6 Å². The van der Waals surface area contributed by atoms with Gasteiger partial charge in [0.2, 0.25) is 0 Å². The van der Waals surface area contributed by atoms with Gasteiger partial charge in [-0.25, -0.2) is 5.84 Å². The molecule has 6 nitrogen and oxygen atoms in total. The van der Waals surface area contributed by atoms with Crippen LogP contribution >= 0.6 is 11.5 Å². The number of nitrogens with zero attached hydrogens (tertiary/aromatic N) is 2. The van der Waals surface area contributed by atoms with Crippen LogP contribution in [0.1, 0.15) is 18.5 Å².